The maximum Gasteiger partial charge on any atom is 0.0612 e. The van der Waals surface area contributed by atoms with Gasteiger partial charge in [0.05, 0.1) is 6.10 Å². The molecule has 1 aliphatic heterocycles. The largest absolute Gasteiger partial charge is 0.378 e. The Labute approximate surface area is 101 Å². The second-order valence-corrected chi connectivity index (χ2v) is 6.00. The fraction of sp³-hybridized carbons (Fsp3) is 1.00. The van der Waals surface area contributed by atoms with E-state index in [9.17, 15) is 0 Å². The lowest BCUT2D eigenvalue weighted by Gasteiger charge is -2.33. The second kappa shape index (κ2) is 6.61. The average Bonchev–Trinajstić information content (AvgIpc) is 2.26. The summed E-state index contributed by atoms with van der Waals surface area (Å²) >= 11 is 0. The van der Waals surface area contributed by atoms with Crippen LogP contribution in [-0.4, -0.2) is 25.3 Å². The van der Waals surface area contributed by atoms with Crippen LogP contribution in [0.4, 0.5) is 0 Å². The second-order valence-electron chi connectivity index (χ2n) is 6.00. The molecule has 0 aromatic carbocycles. The first-order valence-corrected chi connectivity index (χ1v) is 6.85. The highest BCUT2D eigenvalue weighted by molar-refractivity contribution is 4.79. The molecule has 3 atom stereocenters. The highest BCUT2D eigenvalue weighted by atomic mass is 16.5. The minimum absolute atomic E-state index is 0.459. The van der Waals surface area contributed by atoms with E-state index in [1.54, 1.807) is 0 Å². The standard InChI is InChI=1S/C14H29NO/c1-10(2)12(5)9-15-13-6-7-16-14(8-13)11(3)4/h10-15H,6-9H2,1-5H3. The van der Waals surface area contributed by atoms with Crippen LogP contribution in [0.25, 0.3) is 0 Å². The molecule has 0 spiro atoms. The monoisotopic (exact) mass is 227 g/mol. The lowest BCUT2D eigenvalue weighted by atomic mass is 9.93. The smallest absolute Gasteiger partial charge is 0.0612 e. The molecular weight excluding hydrogens is 198 g/mol. The van der Waals surface area contributed by atoms with Gasteiger partial charge in [-0.1, -0.05) is 34.6 Å². The molecule has 1 saturated heterocycles. The number of hydrogen-bond donors (Lipinski definition) is 1. The SMILES string of the molecule is CC(C)C(C)CNC1CCOC(C(C)C)C1. The van der Waals surface area contributed by atoms with Crippen molar-refractivity contribution in [3.63, 3.8) is 0 Å². The summed E-state index contributed by atoms with van der Waals surface area (Å²) in [5.74, 6) is 2.18. The third-order valence-corrected chi connectivity index (χ3v) is 3.93. The Bertz CT molecular complexity index is 191. The maximum atomic E-state index is 5.78. The molecule has 0 amide bonds. The van der Waals surface area contributed by atoms with E-state index >= 15 is 0 Å². The van der Waals surface area contributed by atoms with Gasteiger partial charge in [-0.15, -0.1) is 0 Å². The molecule has 1 heterocycles. The Morgan fingerprint density at radius 3 is 2.44 bits per heavy atom. The van der Waals surface area contributed by atoms with Gasteiger partial charge >= 0.3 is 0 Å². The maximum absolute atomic E-state index is 5.78. The van der Waals surface area contributed by atoms with Gasteiger partial charge in [-0.05, 0) is 37.1 Å². The van der Waals surface area contributed by atoms with Crippen molar-refractivity contribution in [1.82, 2.24) is 5.32 Å². The van der Waals surface area contributed by atoms with Crippen molar-refractivity contribution in [2.24, 2.45) is 17.8 Å². The molecule has 96 valence electrons. The molecule has 1 rings (SSSR count). The zero-order valence-corrected chi connectivity index (χ0v) is 11.6. The molecule has 0 saturated carbocycles. The number of rotatable bonds is 5. The van der Waals surface area contributed by atoms with Crippen molar-refractivity contribution >= 4 is 0 Å². The predicted molar refractivity (Wildman–Crippen MR) is 69.6 cm³/mol. The molecule has 2 nitrogen and oxygen atoms in total. The van der Waals surface area contributed by atoms with E-state index in [0.29, 0.717) is 18.1 Å². The lowest BCUT2D eigenvalue weighted by Crippen LogP contribution is -2.42. The van der Waals surface area contributed by atoms with Crippen LogP contribution >= 0.6 is 0 Å². The summed E-state index contributed by atoms with van der Waals surface area (Å²) < 4.78 is 5.78. The molecule has 0 aromatic rings. The normalized spacial score (nSPS) is 28.7. The fourth-order valence-electron chi connectivity index (χ4n) is 2.07. The third kappa shape index (κ3) is 4.42. The minimum Gasteiger partial charge on any atom is -0.378 e. The van der Waals surface area contributed by atoms with Crippen LogP contribution in [0, 0.1) is 17.8 Å². The van der Waals surface area contributed by atoms with Gasteiger partial charge in [0.15, 0.2) is 0 Å². The van der Waals surface area contributed by atoms with Crippen molar-refractivity contribution in [2.45, 2.75) is 59.6 Å². The van der Waals surface area contributed by atoms with E-state index in [-0.39, 0.29) is 0 Å². The first-order chi connectivity index (χ1) is 7.50. The molecule has 1 fully saturated rings. The zero-order valence-electron chi connectivity index (χ0n) is 11.6. The highest BCUT2D eigenvalue weighted by Crippen LogP contribution is 2.20. The highest BCUT2D eigenvalue weighted by Gasteiger charge is 2.24. The van der Waals surface area contributed by atoms with E-state index < -0.39 is 0 Å². The van der Waals surface area contributed by atoms with E-state index in [4.69, 9.17) is 4.74 Å². The molecule has 0 bridgehead atoms. The molecule has 0 radical (unpaired) electrons. The van der Waals surface area contributed by atoms with Crippen LogP contribution < -0.4 is 5.32 Å². The van der Waals surface area contributed by atoms with Gasteiger partial charge < -0.3 is 10.1 Å². The Balaban J connectivity index is 2.26. The lowest BCUT2D eigenvalue weighted by molar-refractivity contribution is -0.0248. The molecule has 3 unspecified atom stereocenters. The van der Waals surface area contributed by atoms with Gasteiger partial charge in [-0.25, -0.2) is 0 Å². The van der Waals surface area contributed by atoms with Crippen molar-refractivity contribution in [2.75, 3.05) is 13.2 Å². The van der Waals surface area contributed by atoms with E-state index in [1.807, 2.05) is 0 Å². The van der Waals surface area contributed by atoms with E-state index in [1.165, 1.54) is 12.8 Å². The molecule has 1 aliphatic rings. The fourth-order valence-corrected chi connectivity index (χ4v) is 2.07. The van der Waals surface area contributed by atoms with Crippen molar-refractivity contribution < 1.29 is 4.74 Å². The Hall–Kier alpha value is -0.0800. The molecule has 1 N–H and O–H groups in total. The van der Waals surface area contributed by atoms with E-state index in [0.717, 1.165) is 25.0 Å². The van der Waals surface area contributed by atoms with Gasteiger partial charge in [0.25, 0.3) is 0 Å². The van der Waals surface area contributed by atoms with Crippen LogP contribution in [0.3, 0.4) is 0 Å². The topological polar surface area (TPSA) is 21.3 Å². The summed E-state index contributed by atoms with van der Waals surface area (Å²) in [7, 11) is 0. The molecule has 2 heteroatoms. The zero-order chi connectivity index (χ0) is 12.1. The Kier molecular flexibility index (Phi) is 5.77. The number of ether oxygens (including phenoxy) is 1. The van der Waals surface area contributed by atoms with Gasteiger partial charge in [-0.3, -0.25) is 0 Å². The summed E-state index contributed by atoms with van der Waals surface area (Å²) in [6, 6.07) is 0.669. The van der Waals surface area contributed by atoms with Gasteiger partial charge in [-0.2, -0.15) is 0 Å². The first-order valence-electron chi connectivity index (χ1n) is 6.85. The summed E-state index contributed by atoms with van der Waals surface area (Å²) in [5.41, 5.74) is 0. The van der Waals surface area contributed by atoms with Crippen LogP contribution in [-0.2, 0) is 4.74 Å². The first kappa shape index (κ1) is 14.0. The van der Waals surface area contributed by atoms with Gasteiger partial charge in [0, 0.05) is 12.6 Å². The van der Waals surface area contributed by atoms with Crippen LogP contribution in [0.2, 0.25) is 0 Å². The molecule has 16 heavy (non-hydrogen) atoms. The van der Waals surface area contributed by atoms with E-state index in [2.05, 4.69) is 39.9 Å². The van der Waals surface area contributed by atoms with Crippen molar-refractivity contribution in [3.8, 4) is 0 Å². The predicted octanol–water partition coefficient (Wildman–Crippen LogP) is 3.07. The third-order valence-electron chi connectivity index (χ3n) is 3.93. The summed E-state index contributed by atoms with van der Waals surface area (Å²) in [6.07, 6.45) is 2.82. The number of nitrogens with one attached hydrogen (secondary N) is 1. The van der Waals surface area contributed by atoms with Gasteiger partial charge in [0.2, 0.25) is 0 Å². The summed E-state index contributed by atoms with van der Waals surface area (Å²) in [5, 5.41) is 3.71. The minimum atomic E-state index is 0.459. The van der Waals surface area contributed by atoms with Crippen molar-refractivity contribution in [1.29, 1.82) is 0 Å². The quantitative estimate of drug-likeness (QED) is 0.779. The molecule has 0 aromatic heterocycles. The Morgan fingerprint density at radius 1 is 1.19 bits per heavy atom. The summed E-state index contributed by atoms with van der Waals surface area (Å²) in [6.45, 7) is 13.5. The number of hydrogen-bond acceptors (Lipinski definition) is 2. The average molecular weight is 227 g/mol. The summed E-state index contributed by atoms with van der Waals surface area (Å²) in [4.78, 5) is 0. The molecule has 0 aliphatic carbocycles. The van der Waals surface area contributed by atoms with Crippen LogP contribution in [0.5, 0.6) is 0 Å². The van der Waals surface area contributed by atoms with Crippen LogP contribution in [0.1, 0.15) is 47.5 Å². The van der Waals surface area contributed by atoms with Crippen LogP contribution in [0.15, 0.2) is 0 Å². The van der Waals surface area contributed by atoms with Gasteiger partial charge in [0.1, 0.15) is 0 Å². The van der Waals surface area contributed by atoms with Crippen molar-refractivity contribution in [3.05, 3.63) is 0 Å². The Morgan fingerprint density at radius 2 is 1.88 bits per heavy atom. The molecular formula is C14H29NO.